The van der Waals surface area contributed by atoms with Gasteiger partial charge >= 0.3 is 0 Å². The van der Waals surface area contributed by atoms with Crippen LogP contribution in [0.2, 0.25) is 0 Å². The van der Waals surface area contributed by atoms with Crippen LogP contribution in [0.5, 0.6) is 0 Å². The largest absolute Gasteiger partial charge is 0.346 e. The van der Waals surface area contributed by atoms with Gasteiger partial charge in [0.25, 0.3) is 5.24 Å². The van der Waals surface area contributed by atoms with Gasteiger partial charge in [0.2, 0.25) is 0 Å². The molecule has 9 heavy (non-hydrogen) atoms. The Bertz CT molecular complexity index is 127. The van der Waals surface area contributed by atoms with Gasteiger partial charge in [-0.1, -0.05) is 11.8 Å². The van der Waals surface area contributed by atoms with Crippen LogP contribution in [0, 0.1) is 5.92 Å². The standard InChI is InChI=1S/C5H7NO2S/c7-2-4-1-6-5(8)9-3-4/h2,4H,1,3H2,(H,6,8). The zero-order chi connectivity index (χ0) is 6.69. The van der Waals surface area contributed by atoms with Crippen LogP contribution in [0.1, 0.15) is 0 Å². The molecule has 0 aromatic rings. The summed E-state index contributed by atoms with van der Waals surface area (Å²) in [7, 11) is 0. The van der Waals surface area contributed by atoms with E-state index in [0.717, 1.165) is 6.29 Å². The van der Waals surface area contributed by atoms with E-state index in [9.17, 15) is 9.59 Å². The highest BCUT2D eigenvalue weighted by atomic mass is 32.2. The number of aldehydes is 1. The fourth-order valence-electron chi connectivity index (χ4n) is 0.595. The molecule has 0 radical (unpaired) electrons. The molecule has 50 valence electrons. The Balaban J connectivity index is 2.34. The lowest BCUT2D eigenvalue weighted by molar-refractivity contribution is -0.110. The summed E-state index contributed by atoms with van der Waals surface area (Å²) in [5.74, 6) is 0.655. The van der Waals surface area contributed by atoms with Crippen molar-refractivity contribution in [2.45, 2.75) is 0 Å². The minimum absolute atomic E-state index is 0.0203. The molecule has 0 saturated carbocycles. The summed E-state index contributed by atoms with van der Waals surface area (Å²) >= 11 is 1.17. The Morgan fingerprint density at radius 2 is 2.56 bits per heavy atom. The minimum atomic E-state index is -0.0203. The van der Waals surface area contributed by atoms with Gasteiger partial charge in [-0.3, -0.25) is 4.79 Å². The van der Waals surface area contributed by atoms with Gasteiger partial charge in [0.05, 0.1) is 0 Å². The van der Waals surface area contributed by atoms with Gasteiger partial charge in [0, 0.05) is 18.2 Å². The van der Waals surface area contributed by atoms with Crippen LogP contribution in [0.3, 0.4) is 0 Å². The molecule has 1 aliphatic heterocycles. The number of nitrogens with one attached hydrogen (secondary N) is 1. The second kappa shape index (κ2) is 2.87. The molecular weight excluding hydrogens is 138 g/mol. The average molecular weight is 145 g/mol. The lowest BCUT2D eigenvalue weighted by atomic mass is 10.2. The second-order valence-electron chi connectivity index (χ2n) is 1.88. The van der Waals surface area contributed by atoms with Crippen molar-refractivity contribution in [1.29, 1.82) is 0 Å². The molecule has 0 aliphatic carbocycles. The van der Waals surface area contributed by atoms with Gasteiger partial charge < -0.3 is 10.1 Å². The fraction of sp³-hybridized carbons (Fsp3) is 0.600. The van der Waals surface area contributed by atoms with E-state index in [2.05, 4.69) is 5.32 Å². The Morgan fingerprint density at radius 3 is 3.00 bits per heavy atom. The van der Waals surface area contributed by atoms with Crippen molar-refractivity contribution in [3.63, 3.8) is 0 Å². The van der Waals surface area contributed by atoms with Crippen LogP contribution in [-0.2, 0) is 4.79 Å². The Labute approximate surface area is 57.2 Å². The molecule has 0 aromatic carbocycles. The van der Waals surface area contributed by atoms with Gasteiger partial charge in [0.15, 0.2) is 0 Å². The number of rotatable bonds is 1. The predicted molar refractivity (Wildman–Crippen MR) is 35.4 cm³/mol. The predicted octanol–water partition coefficient (Wildman–Crippen LogP) is 0.258. The molecule has 1 atom stereocenters. The summed E-state index contributed by atoms with van der Waals surface area (Å²) < 4.78 is 0. The molecule has 0 aromatic heterocycles. The molecular formula is C5H7NO2S. The maximum atomic E-state index is 10.5. The Hall–Kier alpha value is -0.510. The van der Waals surface area contributed by atoms with Crippen molar-refractivity contribution in [2.75, 3.05) is 12.3 Å². The first kappa shape index (κ1) is 6.61. The highest BCUT2D eigenvalue weighted by Crippen LogP contribution is 2.11. The first-order valence-corrected chi connectivity index (χ1v) is 3.67. The SMILES string of the molecule is O=CC1CNC(=O)SC1. The van der Waals surface area contributed by atoms with Gasteiger partial charge in [0.1, 0.15) is 6.29 Å². The van der Waals surface area contributed by atoms with Gasteiger partial charge in [-0.05, 0) is 0 Å². The number of thioether (sulfide) groups is 1. The third kappa shape index (κ3) is 1.71. The number of carbonyl (C=O) groups excluding carboxylic acids is 2. The maximum absolute atomic E-state index is 10.5. The molecule has 1 unspecified atom stereocenters. The third-order valence-electron chi connectivity index (χ3n) is 1.13. The molecule has 1 heterocycles. The monoisotopic (exact) mass is 145 g/mol. The molecule has 0 bridgehead atoms. The lowest BCUT2D eigenvalue weighted by Crippen LogP contribution is -2.33. The van der Waals surface area contributed by atoms with Crippen molar-refractivity contribution in [3.8, 4) is 0 Å². The van der Waals surface area contributed by atoms with E-state index in [0.29, 0.717) is 12.3 Å². The molecule has 0 spiro atoms. The second-order valence-corrected chi connectivity index (χ2v) is 2.87. The number of hydrogen-bond acceptors (Lipinski definition) is 3. The normalized spacial score (nSPS) is 27.1. The van der Waals surface area contributed by atoms with E-state index >= 15 is 0 Å². The van der Waals surface area contributed by atoms with Gasteiger partial charge in [-0.15, -0.1) is 0 Å². The zero-order valence-corrected chi connectivity index (χ0v) is 5.61. The first-order valence-electron chi connectivity index (χ1n) is 2.69. The number of hydrogen-bond donors (Lipinski definition) is 1. The van der Waals surface area contributed by atoms with Gasteiger partial charge in [-0.25, -0.2) is 0 Å². The molecule has 1 aliphatic rings. The fourth-order valence-corrected chi connectivity index (χ4v) is 1.34. The van der Waals surface area contributed by atoms with E-state index in [1.54, 1.807) is 0 Å². The van der Waals surface area contributed by atoms with Crippen LogP contribution in [0.4, 0.5) is 4.79 Å². The highest BCUT2D eigenvalue weighted by Gasteiger charge is 2.16. The lowest BCUT2D eigenvalue weighted by Gasteiger charge is -2.15. The maximum Gasteiger partial charge on any atom is 0.279 e. The minimum Gasteiger partial charge on any atom is -0.346 e. The molecule has 4 heteroatoms. The van der Waals surface area contributed by atoms with Crippen molar-refractivity contribution in [3.05, 3.63) is 0 Å². The van der Waals surface area contributed by atoms with E-state index in [4.69, 9.17) is 0 Å². The molecule has 1 rings (SSSR count). The molecule has 3 nitrogen and oxygen atoms in total. The Kier molecular flexibility index (Phi) is 2.10. The molecule has 1 fully saturated rings. The molecule has 1 saturated heterocycles. The van der Waals surface area contributed by atoms with E-state index in [1.807, 2.05) is 0 Å². The average Bonchev–Trinajstić information content (AvgIpc) is 1.90. The van der Waals surface area contributed by atoms with Crippen LogP contribution >= 0.6 is 11.8 Å². The van der Waals surface area contributed by atoms with Crippen molar-refractivity contribution >= 4 is 23.3 Å². The van der Waals surface area contributed by atoms with Crippen LogP contribution in [-0.4, -0.2) is 23.8 Å². The summed E-state index contributed by atoms with van der Waals surface area (Å²) in [5.41, 5.74) is 0. The smallest absolute Gasteiger partial charge is 0.279 e. The van der Waals surface area contributed by atoms with Crippen LogP contribution < -0.4 is 5.32 Å². The summed E-state index contributed by atoms with van der Waals surface area (Å²) in [6.07, 6.45) is 0.881. The van der Waals surface area contributed by atoms with Crippen molar-refractivity contribution < 1.29 is 9.59 Å². The highest BCUT2D eigenvalue weighted by molar-refractivity contribution is 8.13. The van der Waals surface area contributed by atoms with E-state index < -0.39 is 0 Å². The molecule has 1 N–H and O–H groups in total. The number of carbonyl (C=O) groups is 2. The van der Waals surface area contributed by atoms with Crippen molar-refractivity contribution in [2.24, 2.45) is 5.92 Å². The van der Waals surface area contributed by atoms with E-state index in [-0.39, 0.29) is 11.2 Å². The van der Waals surface area contributed by atoms with Crippen LogP contribution in [0.15, 0.2) is 0 Å². The van der Waals surface area contributed by atoms with Crippen molar-refractivity contribution in [1.82, 2.24) is 5.32 Å². The molecule has 1 amide bonds. The summed E-state index contributed by atoms with van der Waals surface area (Å²) in [6.45, 7) is 0.509. The third-order valence-corrected chi connectivity index (χ3v) is 2.13. The van der Waals surface area contributed by atoms with Crippen LogP contribution in [0.25, 0.3) is 0 Å². The summed E-state index contributed by atoms with van der Waals surface area (Å²) in [5, 5.41) is 2.56. The Morgan fingerprint density at radius 1 is 1.78 bits per heavy atom. The quantitative estimate of drug-likeness (QED) is 0.538. The summed E-state index contributed by atoms with van der Waals surface area (Å²) in [4.78, 5) is 20.6. The topological polar surface area (TPSA) is 46.2 Å². The van der Waals surface area contributed by atoms with E-state index in [1.165, 1.54) is 11.8 Å². The first-order chi connectivity index (χ1) is 4.33. The summed E-state index contributed by atoms with van der Waals surface area (Å²) in [6, 6.07) is 0. The zero-order valence-electron chi connectivity index (χ0n) is 4.79. The number of amides is 1. The van der Waals surface area contributed by atoms with Gasteiger partial charge in [-0.2, -0.15) is 0 Å².